The maximum Gasteiger partial charge on any atom is 0.165 e. The van der Waals surface area contributed by atoms with Crippen LogP contribution in [0.2, 0.25) is 0 Å². The molecular weight excluding hydrogens is 191 g/mol. The quantitative estimate of drug-likeness (QED) is 0.683. The van der Waals surface area contributed by atoms with Gasteiger partial charge in [-0.1, -0.05) is 30.3 Å². The van der Waals surface area contributed by atoms with Gasteiger partial charge in [-0.05, 0) is 30.2 Å². The standard InChI is InChI=1S/C13H11FO/c1-9-12(14)7-11(8-13(9)15)10-5-3-2-4-6-10/h2-9H,1H3. The van der Waals surface area contributed by atoms with E-state index in [4.69, 9.17) is 0 Å². The van der Waals surface area contributed by atoms with Gasteiger partial charge < -0.3 is 0 Å². The van der Waals surface area contributed by atoms with Crippen molar-refractivity contribution in [3.05, 3.63) is 53.9 Å². The Labute approximate surface area is 87.9 Å². The summed E-state index contributed by atoms with van der Waals surface area (Å²) in [4.78, 5) is 11.4. The number of hydrogen-bond acceptors (Lipinski definition) is 1. The number of allylic oxidation sites excluding steroid dienone is 4. The average molecular weight is 202 g/mol. The lowest BCUT2D eigenvalue weighted by Gasteiger charge is -2.13. The highest BCUT2D eigenvalue weighted by Gasteiger charge is 2.21. The third-order valence-corrected chi connectivity index (χ3v) is 2.54. The van der Waals surface area contributed by atoms with Crippen molar-refractivity contribution in [3.63, 3.8) is 0 Å². The van der Waals surface area contributed by atoms with Crippen molar-refractivity contribution in [2.75, 3.05) is 0 Å². The van der Waals surface area contributed by atoms with E-state index in [1.165, 1.54) is 12.2 Å². The first kappa shape index (κ1) is 9.84. The van der Waals surface area contributed by atoms with Gasteiger partial charge in [-0.3, -0.25) is 4.79 Å². The molecule has 2 heteroatoms. The van der Waals surface area contributed by atoms with Crippen molar-refractivity contribution in [2.45, 2.75) is 6.92 Å². The zero-order chi connectivity index (χ0) is 10.8. The van der Waals surface area contributed by atoms with Gasteiger partial charge in [0.2, 0.25) is 0 Å². The molecule has 0 saturated carbocycles. The van der Waals surface area contributed by atoms with Crippen LogP contribution in [0.1, 0.15) is 12.5 Å². The minimum Gasteiger partial charge on any atom is -0.294 e. The highest BCUT2D eigenvalue weighted by molar-refractivity contribution is 6.03. The fourth-order valence-electron chi connectivity index (χ4n) is 1.53. The topological polar surface area (TPSA) is 17.1 Å². The lowest BCUT2D eigenvalue weighted by atomic mass is 9.92. The molecule has 1 nitrogen and oxygen atoms in total. The van der Waals surface area contributed by atoms with Crippen LogP contribution in [0.25, 0.3) is 5.57 Å². The summed E-state index contributed by atoms with van der Waals surface area (Å²) >= 11 is 0. The number of carbonyl (C=O) groups is 1. The summed E-state index contributed by atoms with van der Waals surface area (Å²) in [5.74, 6) is -1.16. The van der Waals surface area contributed by atoms with E-state index < -0.39 is 5.92 Å². The van der Waals surface area contributed by atoms with E-state index in [0.29, 0.717) is 5.57 Å². The molecule has 0 amide bonds. The number of carbonyl (C=O) groups excluding carboxylic acids is 1. The molecule has 1 aliphatic rings. The Hall–Kier alpha value is -1.70. The van der Waals surface area contributed by atoms with E-state index in [-0.39, 0.29) is 11.6 Å². The lowest BCUT2D eigenvalue weighted by Crippen LogP contribution is -2.12. The molecule has 76 valence electrons. The first-order chi connectivity index (χ1) is 7.18. The van der Waals surface area contributed by atoms with Gasteiger partial charge in [0.1, 0.15) is 5.83 Å². The van der Waals surface area contributed by atoms with Crippen LogP contribution >= 0.6 is 0 Å². The van der Waals surface area contributed by atoms with Crippen LogP contribution in [0, 0.1) is 5.92 Å². The third-order valence-electron chi connectivity index (χ3n) is 2.54. The average Bonchev–Trinajstić information content (AvgIpc) is 2.26. The van der Waals surface area contributed by atoms with E-state index in [9.17, 15) is 9.18 Å². The molecule has 15 heavy (non-hydrogen) atoms. The highest BCUT2D eigenvalue weighted by Crippen LogP contribution is 2.27. The minimum absolute atomic E-state index is 0.172. The molecule has 0 aliphatic heterocycles. The predicted octanol–water partition coefficient (Wildman–Crippen LogP) is 3.14. The molecule has 1 atom stereocenters. The molecule has 0 radical (unpaired) electrons. The summed E-state index contributed by atoms with van der Waals surface area (Å²) in [7, 11) is 0. The van der Waals surface area contributed by atoms with E-state index >= 15 is 0 Å². The van der Waals surface area contributed by atoms with E-state index in [1.54, 1.807) is 6.92 Å². The first-order valence-corrected chi connectivity index (χ1v) is 4.86. The molecular formula is C13H11FO. The Morgan fingerprint density at radius 3 is 2.40 bits per heavy atom. The van der Waals surface area contributed by atoms with Gasteiger partial charge >= 0.3 is 0 Å². The van der Waals surface area contributed by atoms with Crippen LogP contribution in [-0.4, -0.2) is 5.78 Å². The van der Waals surface area contributed by atoms with E-state index in [0.717, 1.165) is 5.56 Å². The molecule has 0 N–H and O–H groups in total. The fourth-order valence-corrected chi connectivity index (χ4v) is 1.53. The fraction of sp³-hybridized carbons (Fsp3) is 0.154. The Balaban J connectivity index is 2.41. The van der Waals surface area contributed by atoms with Gasteiger partial charge in [-0.15, -0.1) is 0 Å². The minimum atomic E-state index is -0.627. The van der Waals surface area contributed by atoms with Gasteiger partial charge in [0.15, 0.2) is 5.78 Å². The van der Waals surface area contributed by atoms with Crippen molar-refractivity contribution in [1.29, 1.82) is 0 Å². The molecule has 0 aromatic heterocycles. The van der Waals surface area contributed by atoms with Gasteiger partial charge in [0.05, 0.1) is 5.92 Å². The van der Waals surface area contributed by atoms with Crippen LogP contribution in [0.5, 0.6) is 0 Å². The number of rotatable bonds is 1. The Kier molecular flexibility index (Phi) is 2.50. The van der Waals surface area contributed by atoms with Crippen molar-refractivity contribution >= 4 is 11.4 Å². The summed E-state index contributed by atoms with van der Waals surface area (Å²) in [5, 5.41) is 0. The summed E-state index contributed by atoms with van der Waals surface area (Å²) in [5.41, 5.74) is 1.52. The molecule has 0 heterocycles. The zero-order valence-electron chi connectivity index (χ0n) is 8.41. The molecule has 1 aromatic rings. The van der Waals surface area contributed by atoms with Crippen molar-refractivity contribution < 1.29 is 9.18 Å². The Bertz CT molecular complexity index is 443. The molecule has 0 saturated heterocycles. The SMILES string of the molecule is CC1C(=O)C=C(c2ccccc2)C=C1F. The summed E-state index contributed by atoms with van der Waals surface area (Å²) < 4.78 is 13.4. The number of hydrogen-bond donors (Lipinski definition) is 0. The van der Waals surface area contributed by atoms with Crippen LogP contribution in [0.3, 0.4) is 0 Å². The Morgan fingerprint density at radius 2 is 1.80 bits per heavy atom. The predicted molar refractivity (Wildman–Crippen MR) is 57.8 cm³/mol. The van der Waals surface area contributed by atoms with E-state index in [2.05, 4.69) is 0 Å². The van der Waals surface area contributed by atoms with Crippen molar-refractivity contribution in [1.82, 2.24) is 0 Å². The monoisotopic (exact) mass is 202 g/mol. The van der Waals surface area contributed by atoms with Gasteiger partial charge in [-0.25, -0.2) is 4.39 Å². The maximum absolute atomic E-state index is 13.4. The van der Waals surface area contributed by atoms with Crippen molar-refractivity contribution in [3.8, 4) is 0 Å². The first-order valence-electron chi connectivity index (χ1n) is 4.86. The highest BCUT2D eigenvalue weighted by atomic mass is 19.1. The smallest absolute Gasteiger partial charge is 0.165 e. The lowest BCUT2D eigenvalue weighted by molar-refractivity contribution is -0.117. The van der Waals surface area contributed by atoms with Crippen LogP contribution < -0.4 is 0 Å². The molecule has 1 aliphatic carbocycles. The van der Waals surface area contributed by atoms with E-state index in [1.807, 2.05) is 30.3 Å². The molecule has 0 spiro atoms. The number of benzene rings is 1. The van der Waals surface area contributed by atoms with Gasteiger partial charge in [0.25, 0.3) is 0 Å². The number of halogens is 1. The molecule has 1 unspecified atom stereocenters. The second kappa shape index (κ2) is 3.81. The van der Waals surface area contributed by atoms with Gasteiger partial charge in [0, 0.05) is 0 Å². The molecule has 2 rings (SSSR count). The van der Waals surface area contributed by atoms with Crippen molar-refractivity contribution in [2.24, 2.45) is 5.92 Å². The largest absolute Gasteiger partial charge is 0.294 e. The maximum atomic E-state index is 13.4. The molecule has 0 bridgehead atoms. The number of ketones is 1. The normalized spacial score (nSPS) is 20.9. The second-order valence-corrected chi connectivity index (χ2v) is 3.62. The summed E-state index contributed by atoms with van der Waals surface area (Å²) in [6.07, 6.45) is 2.94. The summed E-state index contributed by atoms with van der Waals surface area (Å²) in [6, 6.07) is 9.34. The van der Waals surface area contributed by atoms with Crippen LogP contribution in [0.15, 0.2) is 48.3 Å². The Morgan fingerprint density at radius 1 is 1.13 bits per heavy atom. The second-order valence-electron chi connectivity index (χ2n) is 3.62. The summed E-state index contributed by atoms with van der Waals surface area (Å²) in [6.45, 7) is 1.58. The van der Waals surface area contributed by atoms with Gasteiger partial charge in [-0.2, -0.15) is 0 Å². The molecule has 1 aromatic carbocycles. The third kappa shape index (κ3) is 1.89. The zero-order valence-corrected chi connectivity index (χ0v) is 8.41. The van der Waals surface area contributed by atoms with Crippen LogP contribution in [0.4, 0.5) is 4.39 Å². The van der Waals surface area contributed by atoms with Crippen LogP contribution in [-0.2, 0) is 4.79 Å². The molecule has 0 fully saturated rings.